The van der Waals surface area contributed by atoms with Crippen molar-refractivity contribution in [1.82, 2.24) is 0 Å². The molecular weight excluding hydrogens is 334 g/mol. The fraction of sp³-hybridized carbons (Fsp3) is 0.250. The lowest BCUT2D eigenvalue weighted by molar-refractivity contribution is 0.107. The van der Waals surface area contributed by atoms with E-state index in [0.29, 0.717) is 18.0 Å². The Bertz CT molecular complexity index is 604. The minimum atomic E-state index is -0.727. The molecule has 0 saturated heterocycles. The molecule has 4 nitrogen and oxygen atoms in total. The Balaban J connectivity index is 2.05. The molecule has 0 fully saturated rings. The van der Waals surface area contributed by atoms with E-state index in [1.165, 1.54) is 0 Å². The number of aliphatic hydroxyl groups is 1. The Hall–Kier alpha value is -1.56. The molecule has 0 aliphatic heterocycles. The normalized spacial score (nSPS) is 12.0. The number of nitrogens with two attached hydrogens (primary N) is 1. The van der Waals surface area contributed by atoms with E-state index in [0.717, 1.165) is 15.6 Å². The molecular formula is C16H18BrNO3. The minimum absolute atomic E-state index is 0.155. The maximum Gasteiger partial charge on any atom is 0.124 e. The van der Waals surface area contributed by atoms with E-state index < -0.39 is 6.10 Å². The number of aliphatic hydroxyl groups excluding tert-OH is 1. The number of hydrogen-bond acceptors (Lipinski definition) is 4. The summed E-state index contributed by atoms with van der Waals surface area (Å²) in [6.45, 7) is 0.534. The third kappa shape index (κ3) is 4.20. The second kappa shape index (κ2) is 7.45. The van der Waals surface area contributed by atoms with Gasteiger partial charge in [0.15, 0.2) is 0 Å². The molecule has 2 aromatic carbocycles. The molecule has 2 rings (SSSR count). The summed E-state index contributed by atoms with van der Waals surface area (Å²) in [7, 11) is 1.59. The second-order valence-corrected chi connectivity index (χ2v) is 5.48. The van der Waals surface area contributed by atoms with Crippen LogP contribution in [-0.4, -0.2) is 18.8 Å². The number of hydrogen-bond donors (Lipinski definition) is 2. The Morgan fingerprint density at radius 2 is 2.05 bits per heavy atom. The summed E-state index contributed by atoms with van der Waals surface area (Å²) in [5, 5.41) is 10.2. The van der Waals surface area contributed by atoms with Crippen molar-refractivity contribution in [1.29, 1.82) is 0 Å². The average molecular weight is 352 g/mol. The van der Waals surface area contributed by atoms with E-state index in [4.69, 9.17) is 15.2 Å². The van der Waals surface area contributed by atoms with Gasteiger partial charge in [-0.15, -0.1) is 0 Å². The number of benzene rings is 2. The van der Waals surface area contributed by atoms with E-state index >= 15 is 0 Å². The molecule has 0 aromatic heterocycles. The van der Waals surface area contributed by atoms with Gasteiger partial charge < -0.3 is 20.3 Å². The highest BCUT2D eigenvalue weighted by Crippen LogP contribution is 2.25. The van der Waals surface area contributed by atoms with Gasteiger partial charge in [0.1, 0.15) is 24.2 Å². The zero-order chi connectivity index (χ0) is 15.2. The molecule has 0 radical (unpaired) electrons. The minimum Gasteiger partial charge on any atom is -0.497 e. The predicted molar refractivity (Wildman–Crippen MR) is 85.5 cm³/mol. The lowest BCUT2D eigenvalue weighted by Gasteiger charge is -2.15. The summed E-state index contributed by atoms with van der Waals surface area (Å²) in [5.41, 5.74) is 7.34. The van der Waals surface area contributed by atoms with E-state index in [2.05, 4.69) is 15.9 Å². The first-order chi connectivity index (χ1) is 10.1. The summed E-state index contributed by atoms with van der Waals surface area (Å²) in [6, 6.07) is 12.9. The summed E-state index contributed by atoms with van der Waals surface area (Å²) in [5.74, 6) is 1.39. The topological polar surface area (TPSA) is 64.7 Å². The maximum atomic E-state index is 10.2. The highest BCUT2D eigenvalue weighted by atomic mass is 79.9. The molecule has 112 valence electrons. The van der Waals surface area contributed by atoms with Crippen LogP contribution in [0.15, 0.2) is 46.9 Å². The molecule has 0 bridgehead atoms. The number of ether oxygens (including phenoxy) is 2. The quantitative estimate of drug-likeness (QED) is 0.839. The van der Waals surface area contributed by atoms with Crippen molar-refractivity contribution >= 4 is 15.9 Å². The summed E-state index contributed by atoms with van der Waals surface area (Å²) >= 11 is 3.40. The van der Waals surface area contributed by atoms with E-state index in [1.54, 1.807) is 13.2 Å². The second-order valence-electron chi connectivity index (χ2n) is 4.56. The monoisotopic (exact) mass is 351 g/mol. The molecule has 3 N–H and O–H groups in total. The molecule has 0 heterocycles. The molecule has 1 unspecified atom stereocenters. The fourth-order valence-electron chi connectivity index (χ4n) is 1.96. The molecule has 0 aliphatic rings. The van der Waals surface area contributed by atoms with Crippen LogP contribution < -0.4 is 15.2 Å². The van der Waals surface area contributed by atoms with Gasteiger partial charge in [0, 0.05) is 16.6 Å². The van der Waals surface area contributed by atoms with Crippen LogP contribution in [0, 0.1) is 0 Å². The van der Waals surface area contributed by atoms with Crippen LogP contribution in [0.5, 0.6) is 11.5 Å². The molecule has 21 heavy (non-hydrogen) atoms. The van der Waals surface area contributed by atoms with Gasteiger partial charge in [0.25, 0.3) is 0 Å². The van der Waals surface area contributed by atoms with Crippen LogP contribution >= 0.6 is 15.9 Å². The Morgan fingerprint density at radius 3 is 2.76 bits per heavy atom. The van der Waals surface area contributed by atoms with Crippen LogP contribution in [0.4, 0.5) is 0 Å². The lowest BCUT2D eigenvalue weighted by atomic mass is 10.1. The van der Waals surface area contributed by atoms with Gasteiger partial charge in [0.05, 0.1) is 7.11 Å². The van der Waals surface area contributed by atoms with Gasteiger partial charge in [-0.3, -0.25) is 0 Å². The van der Waals surface area contributed by atoms with Crippen molar-refractivity contribution in [3.05, 3.63) is 58.1 Å². The van der Waals surface area contributed by atoms with Crippen LogP contribution in [0.3, 0.4) is 0 Å². The first kappa shape index (κ1) is 15.8. The number of halogens is 1. The van der Waals surface area contributed by atoms with E-state index in [-0.39, 0.29) is 6.61 Å². The van der Waals surface area contributed by atoms with Gasteiger partial charge in [-0.2, -0.15) is 0 Å². The highest BCUT2D eigenvalue weighted by molar-refractivity contribution is 9.10. The first-order valence-electron chi connectivity index (χ1n) is 6.57. The molecule has 2 aromatic rings. The lowest BCUT2D eigenvalue weighted by Crippen LogP contribution is -2.11. The van der Waals surface area contributed by atoms with Crippen molar-refractivity contribution in [3.8, 4) is 11.5 Å². The molecule has 0 amide bonds. The standard InChI is InChI=1S/C16H18BrNO3/c1-20-14-4-2-3-11(8-14)15(19)10-21-16-6-5-13(17)7-12(16)9-18/h2-8,15,19H,9-10,18H2,1H3. The zero-order valence-electron chi connectivity index (χ0n) is 11.8. The van der Waals surface area contributed by atoms with E-state index in [1.807, 2.05) is 36.4 Å². The van der Waals surface area contributed by atoms with Crippen molar-refractivity contribution in [2.75, 3.05) is 13.7 Å². The van der Waals surface area contributed by atoms with Crippen molar-refractivity contribution < 1.29 is 14.6 Å². The van der Waals surface area contributed by atoms with Crippen LogP contribution in [0.25, 0.3) is 0 Å². The van der Waals surface area contributed by atoms with Gasteiger partial charge in [-0.1, -0.05) is 28.1 Å². The maximum absolute atomic E-state index is 10.2. The summed E-state index contributed by atoms with van der Waals surface area (Å²) < 4.78 is 11.8. The van der Waals surface area contributed by atoms with Crippen LogP contribution in [0.1, 0.15) is 17.2 Å². The highest BCUT2D eigenvalue weighted by Gasteiger charge is 2.11. The van der Waals surface area contributed by atoms with Gasteiger partial charge in [-0.25, -0.2) is 0 Å². The molecule has 0 aliphatic carbocycles. The Labute approximate surface area is 132 Å². The fourth-order valence-corrected chi connectivity index (χ4v) is 2.37. The molecule has 0 saturated carbocycles. The van der Waals surface area contributed by atoms with Crippen molar-refractivity contribution in [2.24, 2.45) is 5.73 Å². The van der Waals surface area contributed by atoms with Gasteiger partial charge >= 0.3 is 0 Å². The first-order valence-corrected chi connectivity index (χ1v) is 7.36. The van der Waals surface area contributed by atoms with Crippen LogP contribution in [0.2, 0.25) is 0 Å². The summed E-state index contributed by atoms with van der Waals surface area (Å²) in [4.78, 5) is 0. The molecule has 0 spiro atoms. The molecule has 1 atom stereocenters. The van der Waals surface area contributed by atoms with Gasteiger partial charge in [-0.05, 0) is 35.9 Å². The third-order valence-corrected chi connectivity index (χ3v) is 3.61. The van der Waals surface area contributed by atoms with Crippen LogP contribution in [-0.2, 0) is 6.54 Å². The SMILES string of the molecule is COc1cccc(C(O)COc2ccc(Br)cc2CN)c1. The predicted octanol–water partition coefficient (Wildman–Crippen LogP) is 3.03. The Morgan fingerprint density at radius 1 is 1.24 bits per heavy atom. The van der Waals surface area contributed by atoms with E-state index in [9.17, 15) is 5.11 Å². The van der Waals surface area contributed by atoms with Gasteiger partial charge in [0.2, 0.25) is 0 Å². The third-order valence-electron chi connectivity index (χ3n) is 3.12. The average Bonchev–Trinajstić information content (AvgIpc) is 2.53. The van der Waals surface area contributed by atoms with Crippen molar-refractivity contribution in [3.63, 3.8) is 0 Å². The summed E-state index contributed by atoms with van der Waals surface area (Å²) in [6.07, 6.45) is -0.727. The zero-order valence-corrected chi connectivity index (χ0v) is 13.3. The Kier molecular flexibility index (Phi) is 5.61. The largest absolute Gasteiger partial charge is 0.497 e. The smallest absolute Gasteiger partial charge is 0.124 e. The number of methoxy groups -OCH3 is 1. The molecule has 5 heteroatoms. The van der Waals surface area contributed by atoms with Crippen molar-refractivity contribution in [2.45, 2.75) is 12.6 Å². The number of rotatable bonds is 6.